The summed E-state index contributed by atoms with van der Waals surface area (Å²) in [6.45, 7) is 2.06. The summed E-state index contributed by atoms with van der Waals surface area (Å²) < 4.78 is 0. The number of nitrogens with one attached hydrogen (secondary N) is 2. The van der Waals surface area contributed by atoms with Crippen LogP contribution < -0.4 is 10.6 Å². The van der Waals surface area contributed by atoms with Crippen molar-refractivity contribution in [2.45, 2.75) is 57.4 Å². The van der Waals surface area contributed by atoms with E-state index in [2.05, 4.69) is 10.6 Å². The lowest BCUT2D eigenvalue weighted by Crippen LogP contribution is -2.45. The van der Waals surface area contributed by atoms with Crippen molar-refractivity contribution < 1.29 is 4.79 Å². The van der Waals surface area contributed by atoms with Gasteiger partial charge in [-0.2, -0.15) is 0 Å². The molecule has 0 bridgehead atoms. The average Bonchev–Trinajstić information content (AvgIpc) is 2.81. The average molecular weight is 224 g/mol. The molecule has 2 fully saturated rings. The lowest BCUT2D eigenvalue weighted by atomic mass is 10.0. The van der Waals surface area contributed by atoms with Crippen LogP contribution >= 0.6 is 0 Å². The Morgan fingerprint density at radius 1 is 1.19 bits per heavy atom. The van der Waals surface area contributed by atoms with Crippen molar-refractivity contribution in [2.24, 2.45) is 5.92 Å². The van der Waals surface area contributed by atoms with Crippen LogP contribution in [0, 0.1) is 5.92 Å². The monoisotopic (exact) mass is 224 g/mol. The van der Waals surface area contributed by atoms with Crippen LogP contribution in [0.25, 0.3) is 0 Å². The Hall–Kier alpha value is -0.570. The fourth-order valence-electron chi connectivity index (χ4n) is 2.91. The predicted molar refractivity (Wildman–Crippen MR) is 65.2 cm³/mol. The molecular formula is C13H24N2O. The number of carbonyl (C=O) groups is 1. The zero-order valence-corrected chi connectivity index (χ0v) is 10.1. The summed E-state index contributed by atoms with van der Waals surface area (Å²) in [4.78, 5) is 11.7. The standard InChI is InChI=1S/C13H24N2O/c16-13(8-7-11-4-1-2-5-11)15-12-6-3-9-14-10-12/h11-12,14H,1-10H2,(H,15,16)/t12-/m1/s1. The second-order valence-corrected chi connectivity index (χ2v) is 5.30. The van der Waals surface area contributed by atoms with Crippen molar-refractivity contribution in [3.05, 3.63) is 0 Å². The normalized spacial score (nSPS) is 26.9. The highest BCUT2D eigenvalue weighted by atomic mass is 16.1. The molecule has 2 rings (SSSR count). The van der Waals surface area contributed by atoms with Crippen molar-refractivity contribution in [3.63, 3.8) is 0 Å². The van der Waals surface area contributed by atoms with Crippen molar-refractivity contribution in [2.75, 3.05) is 13.1 Å². The molecule has 0 radical (unpaired) electrons. The molecule has 2 N–H and O–H groups in total. The van der Waals surface area contributed by atoms with E-state index in [-0.39, 0.29) is 5.91 Å². The van der Waals surface area contributed by atoms with Crippen LogP contribution in [0.4, 0.5) is 0 Å². The van der Waals surface area contributed by atoms with E-state index < -0.39 is 0 Å². The van der Waals surface area contributed by atoms with Crippen LogP contribution in [0.15, 0.2) is 0 Å². The molecular weight excluding hydrogens is 200 g/mol. The van der Waals surface area contributed by atoms with Gasteiger partial charge in [0.25, 0.3) is 0 Å². The number of rotatable bonds is 4. The van der Waals surface area contributed by atoms with Crippen LogP contribution in [0.5, 0.6) is 0 Å². The first-order chi connectivity index (χ1) is 7.84. The Balaban J connectivity index is 1.59. The molecule has 1 aliphatic carbocycles. The van der Waals surface area contributed by atoms with Gasteiger partial charge >= 0.3 is 0 Å². The molecule has 1 saturated heterocycles. The highest BCUT2D eigenvalue weighted by Crippen LogP contribution is 2.28. The zero-order chi connectivity index (χ0) is 11.2. The maximum Gasteiger partial charge on any atom is 0.220 e. The fraction of sp³-hybridized carbons (Fsp3) is 0.923. The topological polar surface area (TPSA) is 41.1 Å². The van der Waals surface area contributed by atoms with Gasteiger partial charge in [0.05, 0.1) is 0 Å². The Bertz CT molecular complexity index is 218. The molecule has 2 aliphatic rings. The third-order valence-corrected chi connectivity index (χ3v) is 3.92. The summed E-state index contributed by atoms with van der Waals surface area (Å²) in [6, 6.07) is 0.379. The predicted octanol–water partition coefficient (Wildman–Crippen LogP) is 1.82. The number of piperidine rings is 1. The van der Waals surface area contributed by atoms with Gasteiger partial charge in [-0.3, -0.25) is 4.79 Å². The minimum Gasteiger partial charge on any atom is -0.352 e. The Kier molecular flexibility index (Phi) is 4.64. The molecule has 1 heterocycles. The molecule has 3 nitrogen and oxygen atoms in total. The van der Waals surface area contributed by atoms with E-state index in [1.807, 2.05) is 0 Å². The van der Waals surface area contributed by atoms with E-state index in [1.54, 1.807) is 0 Å². The molecule has 1 atom stereocenters. The van der Waals surface area contributed by atoms with E-state index in [9.17, 15) is 4.79 Å². The largest absolute Gasteiger partial charge is 0.352 e. The van der Waals surface area contributed by atoms with Crippen LogP contribution in [-0.2, 0) is 4.79 Å². The first-order valence-electron chi connectivity index (χ1n) is 6.84. The molecule has 3 heteroatoms. The van der Waals surface area contributed by atoms with Crippen LogP contribution in [-0.4, -0.2) is 25.0 Å². The number of carbonyl (C=O) groups excluding carboxylic acids is 1. The first kappa shape index (κ1) is 11.9. The third kappa shape index (κ3) is 3.78. The van der Waals surface area contributed by atoms with Gasteiger partial charge in [-0.1, -0.05) is 25.7 Å². The molecule has 1 saturated carbocycles. The Labute approximate surface area is 98.4 Å². The summed E-state index contributed by atoms with van der Waals surface area (Å²) in [7, 11) is 0. The van der Waals surface area contributed by atoms with Crippen molar-refractivity contribution >= 4 is 5.91 Å². The molecule has 16 heavy (non-hydrogen) atoms. The molecule has 1 amide bonds. The summed E-state index contributed by atoms with van der Waals surface area (Å²) >= 11 is 0. The molecule has 0 spiro atoms. The van der Waals surface area contributed by atoms with Crippen molar-refractivity contribution in [3.8, 4) is 0 Å². The number of amides is 1. The maximum atomic E-state index is 11.7. The highest BCUT2D eigenvalue weighted by Gasteiger charge is 2.18. The lowest BCUT2D eigenvalue weighted by molar-refractivity contribution is -0.122. The first-order valence-corrected chi connectivity index (χ1v) is 6.84. The highest BCUT2D eigenvalue weighted by molar-refractivity contribution is 5.76. The fourth-order valence-corrected chi connectivity index (χ4v) is 2.91. The summed E-state index contributed by atoms with van der Waals surface area (Å²) in [5, 5.41) is 6.46. The number of hydrogen-bond donors (Lipinski definition) is 2. The maximum absolute atomic E-state index is 11.7. The van der Waals surface area contributed by atoms with Gasteiger partial charge in [-0.05, 0) is 31.7 Å². The molecule has 0 aromatic heterocycles. The molecule has 92 valence electrons. The van der Waals surface area contributed by atoms with Gasteiger partial charge in [0.1, 0.15) is 0 Å². The Morgan fingerprint density at radius 2 is 2.00 bits per heavy atom. The minimum absolute atomic E-state index is 0.264. The van der Waals surface area contributed by atoms with Crippen molar-refractivity contribution in [1.82, 2.24) is 10.6 Å². The van der Waals surface area contributed by atoms with E-state index >= 15 is 0 Å². The van der Waals surface area contributed by atoms with Gasteiger partial charge in [0.15, 0.2) is 0 Å². The molecule has 0 aromatic carbocycles. The second kappa shape index (κ2) is 6.24. The summed E-state index contributed by atoms with van der Waals surface area (Å²) in [5.74, 6) is 1.09. The SMILES string of the molecule is O=C(CCC1CCCC1)N[C@@H]1CCCNC1. The van der Waals surface area contributed by atoms with E-state index in [0.29, 0.717) is 6.04 Å². The van der Waals surface area contributed by atoms with Crippen LogP contribution in [0.1, 0.15) is 51.4 Å². The van der Waals surface area contributed by atoms with E-state index in [0.717, 1.165) is 38.3 Å². The van der Waals surface area contributed by atoms with Gasteiger partial charge in [0.2, 0.25) is 5.91 Å². The lowest BCUT2D eigenvalue weighted by Gasteiger charge is -2.24. The van der Waals surface area contributed by atoms with Gasteiger partial charge < -0.3 is 10.6 Å². The van der Waals surface area contributed by atoms with E-state index in [4.69, 9.17) is 0 Å². The van der Waals surface area contributed by atoms with Crippen LogP contribution in [0.3, 0.4) is 0 Å². The molecule has 1 aliphatic heterocycles. The zero-order valence-electron chi connectivity index (χ0n) is 10.1. The Morgan fingerprint density at radius 3 is 2.69 bits per heavy atom. The minimum atomic E-state index is 0.264. The molecule has 0 unspecified atom stereocenters. The summed E-state index contributed by atoms with van der Waals surface area (Å²) in [6.07, 6.45) is 9.61. The van der Waals surface area contributed by atoms with Gasteiger partial charge in [-0.15, -0.1) is 0 Å². The molecule has 0 aromatic rings. The van der Waals surface area contributed by atoms with Crippen molar-refractivity contribution in [1.29, 1.82) is 0 Å². The quantitative estimate of drug-likeness (QED) is 0.765. The second-order valence-electron chi connectivity index (χ2n) is 5.30. The van der Waals surface area contributed by atoms with Gasteiger partial charge in [0, 0.05) is 19.0 Å². The summed E-state index contributed by atoms with van der Waals surface area (Å²) in [5.41, 5.74) is 0. The van der Waals surface area contributed by atoms with E-state index in [1.165, 1.54) is 32.1 Å². The smallest absolute Gasteiger partial charge is 0.220 e. The van der Waals surface area contributed by atoms with Crippen LogP contribution in [0.2, 0.25) is 0 Å². The third-order valence-electron chi connectivity index (χ3n) is 3.92. The van der Waals surface area contributed by atoms with Gasteiger partial charge in [-0.25, -0.2) is 0 Å². The number of hydrogen-bond acceptors (Lipinski definition) is 2.